The van der Waals surface area contributed by atoms with E-state index < -0.39 is 6.09 Å². The molecule has 3 aromatic rings. The first-order valence-electron chi connectivity index (χ1n) is 8.15. The highest BCUT2D eigenvalue weighted by Gasteiger charge is 2.20. The van der Waals surface area contributed by atoms with Gasteiger partial charge in [-0.15, -0.1) is 5.10 Å². The smallest absolute Gasteiger partial charge is 0.412 e. The molecule has 0 aliphatic rings. The first-order chi connectivity index (χ1) is 12.9. The summed E-state index contributed by atoms with van der Waals surface area (Å²) < 4.78 is 6.62. The molecule has 0 spiro atoms. The molecule has 0 saturated heterocycles. The van der Waals surface area contributed by atoms with Crippen molar-refractivity contribution in [3.63, 3.8) is 0 Å². The molecule has 0 radical (unpaired) electrons. The number of nitrogens with one attached hydrogen (secondary N) is 1. The Bertz CT molecular complexity index is 985. The number of carbonyl (C=O) groups excluding carboxylic acids is 1. The third-order valence-corrected chi connectivity index (χ3v) is 4.66. The summed E-state index contributed by atoms with van der Waals surface area (Å²) >= 11 is 18.4. The number of nitrogens with zero attached hydrogens (tertiary/aromatic N) is 2. The van der Waals surface area contributed by atoms with E-state index in [9.17, 15) is 4.79 Å². The SMILES string of the molecule is CCOC(=O)Nc1nn(-c2ccc(Cl)cc2Cl)c(-c2ccc(Cl)cc2)c1C. The van der Waals surface area contributed by atoms with Gasteiger partial charge in [-0.3, -0.25) is 5.32 Å². The number of rotatable bonds is 4. The number of benzene rings is 2. The molecule has 5 nitrogen and oxygen atoms in total. The first kappa shape index (κ1) is 19.5. The lowest BCUT2D eigenvalue weighted by molar-refractivity contribution is 0.168. The van der Waals surface area contributed by atoms with E-state index in [1.54, 1.807) is 41.9 Å². The fraction of sp³-hybridized carbons (Fsp3) is 0.158. The number of hydrogen-bond acceptors (Lipinski definition) is 3. The maximum atomic E-state index is 11.9. The van der Waals surface area contributed by atoms with Crippen molar-refractivity contribution in [2.45, 2.75) is 13.8 Å². The quantitative estimate of drug-likeness (QED) is 0.529. The maximum Gasteiger partial charge on any atom is 0.412 e. The average Bonchev–Trinajstić information content (AvgIpc) is 2.92. The summed E-state index contributed by atoms with van der Waals surface area (Å²) in [5, 5.41) is 8.78. The van der Waals surface area contributed by atoms with Crippen LogP contribution in [0, 0.1) is 6.92 Å². The molecule has 1 amide bonds. The molecule has 0 bridgehead atoms. The lowest BCUT2D eigenvalue weighted by Crippen LogP contribution is -2.14. The largest absolute Gasteiger partial charge is 0.450 e. The second-order valence-electron chi connectivity index (χ2n) is 5.68. The number of carbonyl (C=O) groups is 1. The molecule has 0 fully saturated rings. The summed E-state index contributed by atoms with van der Waals surface area (Å²) in [4.78, 5) is 11.9. The Morgan fingerprint density at radius 2 is 1.78 bits per heavy atom. The molecule has 0 atom stereocenters. The van der Waals surface area contributed by atoms with Crippen LogP contribution >= 0.6 is 34.8 Å². The predicted molar refractivity (Wildman–Crippen MR) is 109 cm³/mol. The molecule has 8 heteroatoms. The van der Waals surface area contributed by atoms with Gasteiger partial charge in [0.05, 0.1) is 23.0 Å². The molecule has 1 heterocycles. The second-order valence-corrected chi connectivity index (χ2v) is 6.96. The van der Waals surface area contributed by atoms with Crippen molar-refractivity contribution in [1.82, 2.24) is 9.78 Å². The van der Waals surface area contributed by atoms with Crippen molar-refractivity contribution < 1.29 is 9.53 Å². The van der Waals surface area contributed by atoms with Crippen molar-refractivity contribution in [1.29, 1.82) is 0 Å². The van der Waals surface area contributed by atoms with Crippen LogP contribution < -0.4 is 5.32 Å². The number of amides is 1. The molecular weight excluding hydrogens is 409 g/mol. The molecule has 3 rings (SSSR count). The van der Waals surface area contributed by atoms with Gasteiger partial charge in [-0.2, -0.15) is 0 Å². The van der Waals surface area contributed by atoms with E-state index in [0.717, 1.165) is 16.8 Å². The highest BCUT2D eigenvalue weighted by molar-refractivity contribution is 6.35. The molecule has 0 aliphatic heterocycles. The monoisotopic (exact) mass is 423 g/mol. The van der Waals surface area contributed by atoms with Gasteiger partial charge in [0.2, 0.25) is 0 Å². The van der Waals surface area contributed by atoms with Gasteiger partial charge in [0.1, 0.15) is 0 Å². The summed E-state index contributed by atoms with van der Waals surface area (Å²) in [5.41, 5.74) is 3.03. The van der Waals surface area contributed by atoms with Gasteiger partial charge in [0.25, 0.3) is 0 Å². The van der Waals surface area contributed by atoms with Crippen molar-refractivity contribution in [2.75, 3.05) is 11.9 Å². The van der Waals surface area contributed by atoms with Gasteiger partial charge in [-0.05, 0) is 44.2 Å². The summed E-state index contributed by atoms with van der Waals surface area (Å²) in [5.74, 6) is 0.379. The third kappa shape index (κ3) is 4.21. The predicted octanol–water partition coefficient (Wildman–Crippen LogP) is 6.38. The zero-order chi connectivity index (χ0) is 19.6. The summed E-state index contributed by atoms with van der Waals surface area (Å²) in [7, 11) is 0. The van der Waals surface area contributed by atoms with E-state index in [4.69, 9.17) is 39.5 Å². The molecule has 140 valence electrons. The number of aromatic nitrogens is 2. The topological polar surface area (TPSA) is 56.1 Å². The van der Waals surface area contributed by atoms with E-state index in [2.05, 4.69) is 10.4 Å². The van der Waals surface area contributed by atoms with Gasteiger partial charge in [-0.1, -0.05) is 46.9 Å². The molecule has 1 aromatic heterocycles. The molecule has 0 unspecified atom stereocenters. The van der Waals surface area contributed by atoms with E-state index in [1.165, 1.54) is 0 Å². The lowest BCUT2D eigenvalue weighted by Gasteiger charge is -2.10. The Morgan fingerprint density at radius 3 is 2.41 bits per heavy atom. The maximum absolute atomic E-state index is 11.9. The minimum atomic E-state index is -0.574. The van der Waals surface area contributed by atoms with Crippen LogP contribution in [0.15, 0.2) is 42.5 Å². The lowest BCUT2D eigenvalue weighted by atomic mass is 10.1. The highest BCUT2D eigenvalue weighted by Crippen LogP contribution is 2.34. The Hall–Kier alpha value is -2.21. The van der Waals surface area contributed by atoms with Crippen molar-refractivity contribution in [2.24, 2.45) is 0 Å². The first-order valence-corrected chi connectivity index (χ1v) is 9.29. The van der Waals surface area contributed by atoms with Crippen LogP contribution in [0.2, 0.25) is 15.1 Å². The van der Waals surface area contributed by atoms with Gasteiger partial charge in [0.15, 0.2) is 5.82 Å². The van der Waals surface area contributed by atoms with E-state index >= 15 is 0 Å². The van der Waals surface area contributed by atoms with Crippen molar-refractivity contribution in [3.8, 4) is 16.9 Å². The van der Waals surface area contributed by atoms with Gasteiger partial charge in [0, 0.05) is 21.2 Å². The number of anilines is 1. The van der Waals surface area contributed by atoms with Crippen molar-refractivity contribution in [3.05, 3.63) is 63.1 Å². The highest BCUT2D eigenvalue weighted by atomic mass is 35.5. The minimum Gasteiger partial charge on any atom is -0.450 e. The molecular formula is C19H16Cl3N3O2. The Kier molecular flexibility index (Phi) is 5.95. The Morgan fingerprint density at radius 1 is 1.11 bits per heavy atom. The minimum absolute atomic E-state index is 0.263. The number of hydrogen-bond donors (Lipinski definition) is 1. The van der Waals surface area contributed by atoms with Crippen LogP contribution in [-0.2, 0) is 4.74 Å². The summed E-state index contributed by atoms with van der Waals surface area (Å²) in [6.45, 7) is 3.86. The molecule has 0 saturated carbocycles. The van der Waals surface area contributed by atoms with Crippen LogP contribution in [0.1, 0.15) is 12.5 Å². The second kappa shape index (κ2) is 8.21. The standard InChI is InChI=1S/C19H16Cl3N3O2/c1-3-27-19(26)23-18-11(2)17(12-4-6-13(20)7-5-12)25(24-18)16-9-8-14(21)10-15(16)22/h4-10H,3H2,1-2H3,(H,23,24,26). The normalized spacial score (nSPS) is 10.7. The van der Waals surface area contributed by atoms with Gasteiger partial charge in [-0.25, -0.2) is 9.48 Å². The molecule has 0 aliphatic carbocycles. The fourth-order valence-electron chi connectivity index (χ4n) is 2.65. The van der Waals surface area contributed by atoms with Gasteiger partial charge >= 0.3 is 6.09 Å². The molecule has 27 heavy (non-hydrogen) atoms. The van der Waals surface area contributed by atoms with E-state index in [1.807, 2.05) is 19.1 Å². The molecule has 2 aromatic carbocycles. The van der Waals surface area contributed by atoms with Gasteiger partial charge < -0.3 is 4.74 Å². The number of halogens is 3. The Labute approximate surface area is 171 Å². The third-order valence-electron chi connectivity index (χ3n) is 3.87. The zero-order valence-corrected chi connectivity index (χ0v) is 16.9. The van der Waals surface area contributed by atoms with Crippen LogP contribution in [0.25, 0.3) is 16.9 Å². The van der Waals surface area contributed by atoms with Crippen LogP contribution in [0.3, 0.4) is 0 Å². The summed E-state index contributed by atoms with van der Waals surface area (Å²) in [6.07, 6.45) is -0.574. The van der Waals surface area contributed by atoms with Crippen molar-refractivity contribution >= 4 is 46.7 Å². The van der Waals surface area contributed by atoms with E-state index in [0.29, 0.717) is 26.6 Å². The average molecular weight is 425 g/mol. The fourth-order valence-corrected chi connectivity index (χ4v) is 3.27. The Balaban J connectivity index is 2.17. The zero-order valence-electron chi connectivity index (χ0n) is 14.6. The molecule has 1 N–H and O–H groups in total. The van der Waals surface area contributed by atoms with E-state index in [-0.39, 0.29) is 6.61 Å². The van der Waals surface area contributed by atoms with Crippen LogP contribution in [0.5, 0.6) is 0 Å². The number of ether oxygens (including phenoxy) is 1. The van der Waals surface area contributed by atoms with Crippen LogP contribution in [0.4, 0.5) is 10.6 Å². The summed E-state index contributed by atoms with van der Waals surface area (Å²) in [6, 6.07) is 12.5. The van der Waals surface area contributed by atoms with Crippen LogP contribution in [-0.4, -0.2) is 22.5 Å².